The summed E-state index contributed by atoms with van der Waals surface area (Å²) in [5, 5.41) is 0. The van der Waals surface area contributed by atoms with Crippen molar-refractivity contribution in [2.45, 2.75) is 34.1 Å². The summed E-state index contributed by atoms with van der Waals surface area (Å²) in [6, 6.07) is 0. The van der Waals surface area contributed by atoms with Crippen LogP contribution in [0.1, 0.15) is 34.1 Å². The highest BCUT2D eigenvalue weighted by atomic mass is 32.3. The molecule has 0 fully saturated rings. The molecule has 0 nitrogen and oxygen atoms in total. The third-order valence-corrected chi connectivity index (χ3v) is 8.32. The van der Waals surface area contributed by atoms with Crippen molar-refractivity contribution in [3.05, 3.63) is 0 Å². The summed E-state index contributed by atoms with van der Waals surface area (Å²) >= 11 is 0. The van der Waals surface area contributed by atoms with Gasteiger partial charge in [0.05, 0.1) is 0 Å². The van der Waals surface area contributed by atoms with Crippen molar-refractivity contribution in [3.63, 3.8) is 0 Å². The molecule has 76 valence electrons. The van der Waals surface area contributed by atoms with Crippen molar-refractivity contribution in [1.29, 1.82) is 0 Å². The van der Waals surface area contributed by atoms with Gasteiger partial charge in [-0.15, -0.1) is 0 Å². The summed E-state index contributed by atoms with van der Waals surface area (Å²) in [5.74, 6) is 2.12. The molecule has 0 aliphatic carbocycles. The van der Waals surface area contributed by atoms with E-state index in [1.54, 1.807) is 4.86 Å². The molecule has 0 bridgehead atoms. The van der Waals surface area contributed by atoms with Crippen molar-refractivity contribution >= 4 is 13.6 Å². The Morgan fingerprint density at radius 1 is 1.17 bits per heavy atom. The van der Waals surface area contributed by atoms with Crippen LogP contribution >= 0.6 is 8.75 Å². The second-order valence-corrected chi connectivity index (χ2v) is 12.0. The predicted octanol–water partition coefficient (Wildman–Crippen LogP) is 3.47. The van der Waals surface area contributed by atoms with Crippen LogP contribution in [-0.4, -0.2) is 29.4 Å². The van der Waals surface area contributed by atoms with Gasteiger partial charge in [0.1, 0.15) is 0 Å². The molecule has 0 heterocycles. The van der Waals surface area contributed by atoms with E-state index in [9.17, 15) is 0 Å². The van der Waals surface area contributed by atoms with Gasteiger partial charge >= 0.3 is 0 Å². The van der Waals surface area contributed by atoms with Gasteiger partial charge in [-0.1, -0.05) is 25.6 Å². The van der Waals surface area contributed by atoms with E-state index in [-0.39, 0.29) is 0 Å². The summed E-state index contributed by atoms with van der Waals surface area (Å²) in [6.07, 6.45) is 8.70. The molecule has 1 atom stereocenters. The lowest BCUT2D eigenvalue weighted by Crippen LogP contribution is -2.20. The van der Waals surface area contributed by atoms with E-state index >= 15 is 0 Å². The molecule has 0 aromatic heterocycles. The molecule has 0 aliphatic heterocycles. The van der Waals surface area contributed by atoms with E-state index in [1.807, 2.05) is 0 Å². The molecule has 0 aliphatic rings. The van der Waals surface area contributed by atoms with Crippen LogP contribution in [0, 0.1) is 5.92 Å². The smallest absolute Gasteiger partial charge is 0.0196 e. The van der Waals surface area contributed by atoms with Gasteiger partial charge in [-0.25, -0.2) is 0 Å². The number of hydrogen-bond donors (Lipinski definition) is 0. The van der Waals surface area contributed by atoms with Crippen LogP contribution in [0.15, 0.2) is 0 Å². The molecule has 0 radical (unpaired) electrons. The van der Waals surface area contributed by atoms with Crippen LogP contribution in [0.3, 0.4) is 0 Å². The first-order chi connectivity index (χ1) is 5.23. The first-order valence-electron chi connectivity index (χ1n) is 4.91. The van der Waals surface area contributed by atoms with Crippen LogP contribution in [0.4, 0.5) is 0 Å². The number of hydrogen-bond acceptors (Lipinski definition) is 0. The van der Waals surface area contributed by atoms with Crippen molar-refractivity contribution in [2.24, 2.45) is 5.92 Å². The van der Waals surface area contributed by atoms with Crippen molar-refractivity contribution in [1.82, 2.24) is 0 Å². The van der Waals surface area contributed by atoms with Crippen molar-refractivity contribution in [3.8, 4) is 0 Å². The second kappa shape index (κ2) is 3.53. The minimum atomic E-state index is -1.17. The quantitative estimate of drug-likeness (QED) is 0.598. The molecule has 0 saturated carbocycles. The zero-order chi connectivity index (χ0) is 10.0. The second-order valence-electron chi connectivity index (χ2n) is 5.06. The first kappa shape index (κ1) is 12.2. The van der Waals surface area contributed by atoms with Gasteiger partial charge in [0.25, 0.3) is 0 Å². The minimum Gasteiger partial charge on any atom is -0.253 e. The van der Waals surface area contributed by atoms with E-state index in [0.29, 0.717) is 0 Å². The zero-order valence-electron chi connectivity index (χ0n) is 9.90. The van der Waals surface area contributed by atoms with Crippen LogP contribution in [0.5, 0.6) is 0 Å². The standard InChI is InChI=1S/C11H26S/c1-8-10(3)11(4)12(5,6,7)9-2/h10H,8-9H2,1-7H3. The molecule has 1 heteroatoms. The summed E-state index contributed by atoms with van der Waals surface area (Å²) < 4.78 is 0. The average molecular weight is 190 g/mol. The highest BCUT2D eigenvalue weighted by Crippen LogP contribution is 2.50. The number of rotatable bonds is 3. The fourth-order valence-corrected chi connectivity index (χ4v) is 3.37. The SMILES string of the molecule is CCC(C)C(C)=S(C)(C)(C)CC. The van der Waals surface area contributed by atoms with Crippen molar-refractivity contribution in [2.75, 3.05) is 24.5 Å². The molecule has 0 spiro atoms. The highest BCUT2D eigenvalue weighted by Gasteiger charge is 2.19. The van der Waals surface area contributed by atoms with Crippen LogP contribution in [0.2, 0.25) is 0 Å². The van der Waals surface area contributed by atoms with E-state index in [2.05, 4.69) is 46.5 Å². The van der Waals surface area contributed by atoms with Gasteiger partial charge in [0.2, 0.25) is 0 Å². The molecule has 0 aromatic carbocycles. The summed E-state index contributed by atoms with van der Waals surface area (Å²) in [7, 11) is -1.17. The fraction of sp³-hybridized carbons (Fsp3) is 0.909. The molecular weight excluding hydrogens is 164 g/mol. The highest BCUT2D eigenvalue weighted by molar-refractivity contribution is 8.46. The zero-order valence-corrected chi connectivity index (χ0v) is 10.7. The molecule has 0 saturated heterocycles. The maximum absolute atomic E-state index is 2.47. The molecule has 1 unspecified atom stereocenters. The minimum absolute atomic E-state index is 0.798. The lowest BCUT2D eigenvalue weighted by atomic mass is 10.1. The fourth-order valence-electron chi connectivity index (χ4n) is 1.26. The average Bonchev–Trinajstić information content (AvgIpc) is 2.01. The van der Waals surface area contributed by atoms with E-state index in [4.69, 9.17) is 0 Å². The Morgan fingerprint density at radius 3 is 1.83 bits per heavy atom. The van der Waals surface area contributed by atoms with Crippen molar-refractivity contribution < 1.29 is 0 Å². The van der Waals surface area contributed by atoms with E-state index < -0.39 is 8.75 Å². The maximum Gasteiger partial charge on any atom is -0.0196 e. The van der Waals surface area contributed by atoms with Gasteiger partial charge < -0.3 is 0 Å². The third kappa shape index (κ3) is 2.62. The van der Waals surface area contributed by atoms with Crippen LogP contribution in [0.25, 0.3) is 0 Å². The van der Waals surface area contributed by atoms with E-state index in [0.717, 1.165) is 5.92 Å². The Kier molecular flexibility index (Phi) is 3.59. The van der Waals surface area contributed by atoms with Gasteiger partial charge in [0, 0.05) is 0 Å². The third-order valence-electron chi connectivity index (χ3n) is 3.51. The Hall–Kier alpha value is 0.220. The molecular formula is C11H26S. The summed E-state index contributed by atoms with van der Waals surface area (Å²) in [6.45, 7) is 9.33. The van der Waals surface area contributed by atoms with Gasteiger partial charge in [0.15, 0.2) is 0 Å². The van der Waals surface area contributed by atoms with E-state index in [1.165, 1.54) is 12.2 Å². The summed E-state index contributed by atoms with van der Waals surface area (Å²) in [5.41, 5.74) is 0. The van der Waals surface area contributed by atoms with Gasteiger partial charge in [-0.05, 0) is 43.8 Å². The molecule has 0 amide bonds. The Bertz CT molecular complexity index is 206. The Labute approximate surface area is 78.6 Å². The van der Waals surface area contributed by atoms with Gasteiger partial charge in [-0.3, -0.25) is 8.75 Å². The van der Waals surface area contributed by atoms with Crippen LogP contribution < -0.4 is 0 Å². The Morgan fingerprint density at radius 2 is 1.58 bits per heavy atom. The van der Waals surface area contributed by atoms with Crippen LogP contribution in [-0.2, 0) is 0 Å². The largest absolute Gasteiger partial charge is 0.253 e. The van der Waals surface area contributed by atoms with Gasteiger partial charge in [-0.2, -0.15) is 0 Å². The lowest BCUT2D eigenvalue weighted by Gasteiger charge is -2.42. The normalized spacial score (nSPS) is 18.1. The molecule has 0 aromatic rings. The summed E-state index contributed by atoms with van der Waals surface area (Å²) in [4.78, 5) is 1.75. The topological polar surface area (TPSA) is 0 Å². The predicted molar refractivity (Wildman–Crippen MR) is 66.0 cm³/mol. The Balaban J connectivity index is 5.15. The molecule has 0 N–H and O–H groups in total. The molecule has 0 rings (SSSR count). The molecule has 12 heavy (non-hydrogen) atoms. The first-order valence-corrected chi connectivity index (χ1v) is 8.34. The lowest BCUT2D eigenvalue weighted by molar-refractivity contribution is 0.746. The maximum atomic E-state index is 2.47. The monoisotopic (exact) mass is 190 g/mol.